The van der Waals surface area contributed by atoms with Gasteiger partial charge in [-0.25, -0.2) is 0 Å². The van der Waals surface area contributed by atoms with Gasteiger partial charge in [-0.3, -0.25) is 0 Å². The molecular formula is C23H29BrOS. The molecule has 140 valence electrons. The molecule has 0 N–H and O–H groups in total. The average Bonchev–Trinajstić information content (AvgIpc) is 2.75. The predicted molar refractivity (Wildman–Crippen MR) is 121 cm³/mol. The molecule has 1 heterocycles. The summed E-state index contributed by atoms with van der Waals surface area (Å²) in [6, 6.07) is 6.40. The zero-order valence-electron chi connectivity index (χ0n) is 16.3. The van der Waals surface area contributed by atoms with Crippen molar-refractivity contribution in [1.82, 2.24) is 0 Å². The van der Waals surface area contributed by atoms with Gasteiger partial charge < -0.3 is 4.74 Å². The summed E-state index contributed by atoms with van der Waals surface area (Å²) in [6.07, 6.45) is 9.90. The summed E-state index contributed by atoms with van der Waals surface area (Å²) in [5.74, 6) is 0.884. The first-order valence-electron chi connectivity index (χ1n) is 9.35. The Morgan fingerprint density at radius 3 is 2.73 bits per heavy atom. The Kier molecular flexibility index (Phi) is 8.30. The first-order chi connectivity index (χ1) is 12.4. The Hall–Kier alpha value is -1.19. The monoisotopic (exact) mass is 432 g/mol. The van der Waals surface area contributed by atoms with Crippen LogP contribution in [0.5, 0.6) is 5.75 Å². The van der Waals surface area contributed by atoms with E-state index in [0.717, 1.165) is 47.7 Å². The second-order valence-electron chi connectivity index (χ2n) is 6.77. The minimum atomic E-state index is 0.884. The van der Waals surface area contributed by atoms with Gasteiger partial charge in [0.15, 0.2) is 5.09 Å². The lowest BCUT2D eigenvalue weighted by atomic mass is 10.0. The Morgan fingerprint density at radius 2 is 2.08 bits per heavy atom. The van der Waals surface area contributed by atoms with E-state index in [-0.39, 0.29) is 0 Å². The minimum Gasteiger partial charge on any atom is -0.450 e. The molecule has 0 unspecified atom stereocenters. The highest BCUT2D eigenvalue weighted by Gasteiger charge is 2.15. The maximum absolute atomic E-state index is 6.34. The van der Waals surface area contributed by atoms with Crippen LogP contribution in [0.1, 0.15) is 70.9 Å². The van der Waals surface area contributed by atoms with Crippen LogP contribution in [-0.4, -0.2) is 0 Å². The molecule has 2 rings (SSSR count). The molecule has 26 heavy (non-hydrogen) atoms. The molecule has 1 nitrogen and oxygen atoms in total. The Labute approximate surface area is 171 Å². The maximum atomic E-state index is 6.34. The van der Waals surface area contributed by atoms with Gasteiger partial charge in [0.25, 0.3) is 0 Å². The van der Waals surface area contributed by atoms with Crippen LogP contribution in [0.15, 0.2) is 50.9 Å². The van der Waals surface area contributed by atoms with Crippen LogP contribution in [0, 0.1) is 0 Å². The lowest BCUT2D eigenvalue weighted by molar-refractivity contribution is 0.462. The molecule has 0 radical (unpaired) electrons. The van der Waals surface area contributed by atoms with Gasteiger partial charge in [-0.15, -0.1) is 0 Å². The van der Waals surface area contributed by atoms with Crippen LogP contribution < -0.4 is 4.74 Å². The molecule has 1 aromatic rings. The van der Waals surface area contributed by atoms with E-state index >= 15 is 0 Å². The summed E-state index contributed by atoms with van der Waals surface area (Å²) in [5.41, 5.74) is 6.11. The lowest BCUT2D eigenvalue weighted by Crippen LogP contribution is -1.95. The number of halogens is 1. The third kappa shape index (κ3) is 5.92. The molecule has 1 aromatic carbocycles. The van der Waals surface area contributed by atoms with E-state index in [9.17, 15) is 0 Å². The van der Waals surface area contributed by atoms with E-state index in [0.29, 0.717) is 0 Å². The normalized spacial score (nSPS) is 15.6. The van der Waals surface area contributed by atoms with Crippen molar-refractivity contribution in [2.24, 2.45) is 0 Å². The predicted octanol–water partition coefficient (Wildman–Crippen LogP) is 8.69. The van der Waals surface area contributed by atoms with Gasteiger partial charge >= 0.3 is 0 Å². The van der Waals surface area contributed by atoms with Crippen LogP contribution in [-0.2, 0) is 0 Å². The summed E-state index contributed by atoms with van der Waals surface area (Å²) in [5, 5.41) is 0.939. The van der Waals surface area contributed by atoms with Crippen molar-refractivity contribution in [1.29, 1.82) is 0 Å². The molecule has 0 saturated heterocycles. The smallest absolute Gasteiger partial charge is 0.162 e. The van der Waals surface area contributed by atoms with Crippen molar-refractivity contribution >= 4 is 39.3 Å². The van der Waals surface area contributed by atoms with Crippen molar-refractivity contribution in [3.8, 4) is 5.75 Å². The molecule has 1 aliphatic heterocycles. The summed E-state index contributed by atoms with van der Waals surface area (Å²) in [7, 11) is 0. The van der Waals surface area contributed by atoms with Gasteiger partial charge in [0.2, 0.25) is 0 Å². The fourth-order valence-electron chi connectivity index (χ4n) is 2.97. The number of allylic oxidation sites excluding steroid dienone is 4. The summed E-state index contributed by atoms with van der Waals surface area (Å²) >= 11 is 5.40. The Balaban J connectivity index is 2.31. The molecule has 0 amide bonds. The molecule has 0 fully saturated rings. The van der Waals surface area contributed by atoms with Gasteiger partial charge in [-0.1, -0.05) is 50.6 Å². The van der Waals surface area contributed by atoms with E-state index in [1.807, 2.05) is 6.92 Å². The van der Waals surface area contributed by atoms with E-state index < -0.39 is 0 Å². The van der Waals surface area contributed by atoms with E-state index in [1.54, 1.807) is 11.8 Å². The number of ether oxygens (including phenoxy) is 1. The van der Waals surface area contributed by atoms with Gasteiger partial charge in [0, 0.05) is 5.56 Å². The molecule has 0 saturated carbocycles. The van der Waals surface area contributed by atoms with Gasteiger partial charge in [0.05, 0.1) is 3.81 Å². The van der Waals surface area contributed by atoms with Gasteiger partial charge in [-0.05, 0) is 96.1 Å². The molecule has 3 heteroatoms. The quantitative estimate of drug-likeness (QED) is 0.425. The SMILES string of the molecule is C=C(C)c1ccc(C=C(C)CCC)cc1OC1=CCCC(CC)=C(Br)S1. The first kappa shape index (κ1) is 21.1. The zero-order chi connectivity index (χ0) is 19.1. The van der Waals surface area contributed by atoms with Crippen LogP contribution in [0.2, 0.25) is 0 Å². The number of benzene rings is 1. The molecule has 0 aliphatic carbocycles. The van der Waals surface area contributed by atoms with Crippen molar-refractivity contribution in [3.05, 3.63) is 62.0 Å². The summed E-state index contributed by atoms with van der Waals surface area (Å²) < 4.78 is 7.53. The third-order valence-electron chi connectivity index (χ3n) is 4.39. The van der Waals surface area contributed by atoms with Crippen LogP contribution in [0.4, 0.5) is 0 Å². The Bertz CT molecular complexity index is 755. The molecule has 0 spiro atoms. The van der Waals surface area contributed by atoms with Gasteiger partial charge in [0.1, 0.15) is 5.75 Å². The van der Waals surface area contributed by atoms with Crippen molar-refractivity contribution < 1.29 is 4.74 Å². The van der Waals surface area contributed by atoms with Crippen LogP contribution >= 0.6 is 27.7 Å². The topological polar surface area (TPSA) is 9.23 Å². The van der Waals surface area contributed by atoms with Gasteiger partial charge in [-0.2, -0.15) is 0 Å². The Morgan fingerprint density at radius 1 is 1.31 bits per heavy atom. The molecular weight excluding hydrogens is 404 g/mol. The second kappa shape index (κ2) is 10.2. The molecule has 0 atom stereocenters. The van der Waals surface area contributed by atoms with Crippen molar-refractivity contribution in [2.75, 3.05) is 0 Å². The largest absolute Gasteiger partial charge is 0.450 e. The van der Waals surface area contributed by atoms with Crippen LogP contribution in [0.25, 0.3) is 11.6 Å². The number of rotatable bonds is 7. The maximum Gasteiger partial charge on any atom is 0.162 e. The lowest BCUT2D eigenvalue weighted by Gasteiger charge is -2.14. The highest BCUT2D eigenvalue weighted by atomic mass is 79.9. The summed E-state index contributed by atoms with van der Waals surface area (Å²) in [6.45, 7) is 12.7. The second-order valence-corrected chi connectivity index (χ2v) is 9.11. The zero-order valence-corrected chi connectivity index (χ0v) is 18.7. The fraction of sp³-hybridized carbons (Fsp3) is 0.391. The van der Waals surface area contributed by atoms with E-state index in [4.69, 9.17) is 4.74 Å². The first-order valence-corrected chi connectivity index (χ1v) is 11.0. The van der Waals surface area contributed by atoms with Crippen molar-refractivity contribution in [3.63, 3.8) is 0 Å². The molecule has 0 bridgehead atoms. The van der Waals surface area contributed by atoms with Crippen LogP contribution in [0.3, 0.4) is 0 Å². The number of hydrogen-bond acceptors (Lipinski definition) is 2. The summed E-state index contributed by atoms with van der Waals surface area (Å²) in [4.78, 5) is 0. The highest BCUT2D eigenvalue weighted by Crippen LogP contribution is 2.40. The number of thioether (sulfide) groups is 1. The minimum absolute atomic E-state index is 0.884. The van der Waals surface area contributed by atoms with E-state index in [2.05, 4.69) is 73.6 Å². The van der Waals surface area contributed by atoms with E-state index in [1.165, 1.54) is 26.9 Å². The third-order valence-corrected chi connectivity index (χ3v) is 6.35. The molecule has 0 aromatic heterocycles. The average molecular weight is 433 g/mol. The standard InChI is InChI=1S/C23H29BrOS/c1-6-9-17(5)14-18-12-13-20(16(3)4)21(15-18)25-22-11-8-10-19(7-2)23(24)26-22/h11-15H,3,6-10H2,1-2,4-5H3. The fourth-order valence-corrected chi connectivity index (χ4v) is 4.83. The van der Waals surface area contributed by atoms with Crippen molar-refractivity contribution in [2.45, 2.75) is 59.8 Å². The molecule has 1 aliphatic rings. The highest BCUT2D eigenvalue weighted by molar-refractivity contribution is 9.14. The number of hydrogen-bond donors (Lipinski definition) is 0.